The van der Waals surface area contributed by atoms with Crippen molar-refractivity contribution in [2.75, 3.05) is 9.80 Å². The highest BCUT2D eigenvalue weighted by molar-refractivity contribution is 6.11. The zero-order chi connectivity index (χ0) is 42.2. The molecule has 0 saturated carbocycles. The molecule has 11 aromatic rings. The van der Waals surface area contributed by atoms with Gasteiger partial charge in [0.25, 0.3) is 0 Å². The van der Waals surface area contributed by atoms with Gasteiger partial charge in [-0.25, -0.2) is 0 Å². The highest BCUT2D eigenvalue weighted by atomic mass is 16.3. The van der Waals surface area contributed by atoms with Crippen LogP contribution in [0.5, 0.6) is 0 Å². The molecule has 1 spiro atoms. The molecule has 3 nitrogen and oxygen atoms in total. The normalized spacial score (nSPS) is 13.1. The smallest absolute Gasteiger partial charge is 0.159 e. The maximum Gasteiger partial charge on any atom is 0.159 e. The minimum absolute atomic E-state index is 0.610. The van der Waals surface area contributed by atoms with Crippen molar-refractivity contribution >= 4 is 56.1 Å². The van der Waals surface area contributed by atoms with Gasteiger partial charge in [-0.15, -0.1) is 0 Å². The Kier molecular flexibility index (Phi) is 8.13. The molecule has 3 heteroatoms. The summed E-state index contributed by atoms with van der Waals surface area (Å²) in [6.45, 7) is 0. The van der Waals surface area contributed by atoms with Crippen LogP contribution in [0.25, 0.3) is 55.3 Å². The molecule has 1 aromatic heterocycles. The van der Waals surface area contributed by atoms with E-state index < -0.39 is 5.41 Å². The molecule has 0 bridgehead atoms. The minimum atomic E-state index is -0.610. The van der Waals surface area contributed by atoms with Gasteiger partial charge in [-0.05, 0) is 111 Å². The summed E-state index contributed by atoms with van der Waals surface area (Å²) < 4.78 is 6.88. The average Bonchev–Trinajstić information content (AvgIpc) is 3.89. The Bertz CT molecular complexity index is 3540. The first kappa shape index (κ1) is 36.3. The van der Waals surface area contributed by atoms with Gasteiger partial charge in [-0.1, -0.05) is 182 Å². The fraction of sp³-hybridized carbons (Fsp3) is 0.0164. The summed E-state index contributed by atoms with van der Waals surface area (Å²) >= 11 is 0. The number of nitrogens with zero attached hydrogens (tertiary/aromatic N) is 2. The summed E-state index contributed by atoms with van der Waals surface area (Å²) in [6, 6.07) is 88.3. The van der Waals surface area contributed by atoms with Crippen LogP contribution in [0.15, 0.2) is 247 Å². The van der Waals surface area contributed by atoms with Crippen LogP contribution >= 0.6 is 0 Å². The molecule has 0 radical (unpaired) electrons. The van der Waals surface area contributed by atoms with Crippen molar-refractivity contribution in [3.63, 3.8) is 0 Å². The van der Waals surface area contributed by atoms with E-state index in [4.69, 9.17) is 4.42 Å². The lowest BCUT2D eigenvalue weighted by Gasteiger charge is -2.45. The van der Waals surface area contributed by atoms with Crippen molar-refractivity contribution in [2.24, 2.45) is 0 Å². The van der Waals surface area contributed by atoms with Crippen LogP contribution in [0, 0.1) is 0 Å². The third-order valence-electron chi connectivity index (χ3n) is 13.4. The number of rotatable bonds is 6. The summed E-state index contributed by atoms with van der Waals surface area (Å²) in [5.41, 5.74) is 19.9. The van der Waals surface area contributed by atoms with E-state index in [1.54, 1.807) is 0 Å². The zero-order valence-corrected chi connectivity index (χ0v) is 34.9. The standard InChI is InChI=1S/C61H40N2O/c1-3-19-41(20-4-1)42-21-17-22-43(39-42)46-25-8-13-32-55(46)63(58-35-18-28-50-49-27-9-16-36-59(49)64-60(50)58)45-37-38-48-47-26-7-10-29-51(47)61(54(48)40-45)52-30-11-14-33-56(52)62(44-23-5-2-6-24-44)57-34-15-12-31-53(57)61/h1-40H. The van der Waals surface area contributed by atoms with Gasteiger partial charge in [0, 0.05) is 27.7 Å². The van der Waals surface area contributed by atoms with Crippen LogP contribution < -0.4 is 9.80 Å². The monoisotopic (exact) mass is 816 g/mol. The van der Waals surface area contributed by atoms with Crippen molar-refractivity contribution in [1.82, 2.24) is 0 Å². The first-order valence-electron chi connectivity index (χ1n) is 22.0. The molecular weight excluding hydrogens is 777 g/mol. The molecule has 13 rings (SSSR count). The molecule has 0 saturated heterocycles. The van der Waals surface area contributed by atoms with Crippen molar-refractivity contribution < 1.29 is 4.42 Å². The second-order valence-corrected chi connectivity index (χ2v) is 16.8. The minimum Gasteiger partial charge on any atom is -0.454 e. The topological polar surface area (TPSA) is 19.6 Å². The second kappa shape index (κ2) is 14.3. The third-order valence-corrected chi connectivity index (χ3v) is 13.4. The lowest BCUT2D eigenvalue weighted by atomic mass is 9.64. The Labute approximate surface area is 372 Å². The van der Waals surface area contributed by atoms with E-state index in [1.807, 2.05) is 6.07 Å². The molecule has 0 atom stereocenters. The molecule has 300 valence electrons. The molecule has 2 heterocycles. The first-order chi connectivity index (χ1) is 31.8. The fourth-order valence-electron chi connectivity index (χ4n) is 10.8. The van der Waals surface area contributed by atoms with Crippen LogP contribution in [0.2, 0.25) is 0 Å². The van der Waals surface area contributed by atoms with E-state index in [9.17, 15) is 0 Å². The Morgan fingerprint density at radius 3 is 1.72 bits per heavy atom. The SMILES string of the molecule is c1ccc(-c2cccc(-c3ccccc3N(c3ccc4c(c3)C3(c5ccccc5-4)c4ccccc4N(c4ccccc4)c4ccccc43)c3cccc4c3oc3ccccc34)c2)cc1. The van der Waals surface area contributed by atoms with E-state index in [-0.39, 0.29) is 0 Å². The summed E-state index contributed by atoms with van der Waals surface area (Å²) in [5, 5.41) is 2.19. The van der Waals surface area contributed by atoms with Crippen LogP contribution in [-0.2, 0) is 5.41 Å². The highest BCUT2D eigenvalue weighted by Crippen LogP contribution is 2.64. The lowest BCUT2D eigenvalue weighted by Crippen LogP contribution is -2.36. The molecule has 0 unspecified atom stereocenters. The molecule has 1 aliphatic carbocycles. The fourth-order valence-corrected chi connectivity index (χ4v) is 10.8. The van der Waals surface area contributed by atoms with Gasteiger partial charge in [0.1, 0.15) is 5.58 Å². The van der Waals surface area contributed by atoms with Gasteiger partial charge >= 0.3 is 0 Å². The zero-order valence-electron chi connectivity index (χ0n) is 34.9. The van der Waals surface area contributed by atoms with E-state index in [1.165, 1.54) is 55.9 Å². The molecule has 2 aliphatic rings. The Morgan fingerprint density at radius 1 is 0.359 bits per heavy atom. The Hall–Kier alpha value is -8.40. The van der Waals surface area contributed by atoms with Crippen LogP contribution in [0.3, 0.4) is 0 Å². The summed E-state index contributed by atoms with van der Waals surface area (Å²) in [7, 11) is 0. The molecular formula is C61H40N2O. The second-order valence-electron chi connectivity index (χ2n) is 16.8. The maximum atomic E-state index is 6.88. The van der Waals surface area contributed by atoms with Gasteiger partial charge in [0.2, 0.25) is 0 Å². The lowest BCUT2D eigenvalue weighted by molar-refractivity contribution is 0.669. The van der Waals surface area contributed by atoms with Crippen LogP contribution in [-0.4, -0.2) is 0 Å². The van der Waals surface area contributed by atoms with Gasteiger partial charge < -0.3 is 14.2 Å². The van der Waals surface area contributed by atoms with Crippen molar-refractivity contribution in [3.8, 4) is 33.4 Å². The molecule has 10 aromatic carbocycles. The number of hydrogen-bond acceptors (Lipinski definition) is 3. The van der Waals surface area contributed by atoms with Crippen molar-refractivity contribution in [3.05, 3.63) is 265 Å². The number of hydrogen-bond donors (Lipinski definition) is 0. The van der Waals surface area contributed by atoms with E-state index in [0.29, 0.717) is 0 Å². The Morgan fingerprint density at radius 2 is 0.922 bits per heavy atom. The number of furan rings is 1. The van der Waals surface area contributed by atoms with Gasteiger partial charge in [0.15, 0.2) is 5.58 Å². The summed E-state index contributed by atoms with van der Waals surface area (Å²) in [5.74, 6) is 0. The maximum absolute atomic E-state index is 6.88. The van der Waals surface area contributed by atoms with Gasteiger partial charge in [-0.3, -0.25) is 0 Å². The Balaban J connectivity index is 1.10. The highest BCUT2D eigenvalue weighted by Gasteiger charge is 2.52. The van der Waals surface area contributed by atoms with E-state index in [0.717, 1.165) is 55.8 Å². The summed E-state index contributed by atoms with van der Waals surface area (Å²) in [4.78, 5) is 4.87. The van der Waals surface area contributed by atoms with E-state index >= 15 is 0 Å². The predicted octanol–water partition coefficient (Wildman–Crippen LogP) is 16.5. The average molecular weight is 817 g/mol. The number of para-hydroxylation sites is 6. The molecule has 0 fully saturated rings. The van der Waals surface area contributed by atoms with Crippen LogP contribution in [0.1, 0.15) is 22.3 Å². The predicted molar refractivity (Wildman–Crippen MR) is 265 cm³/mol. The molecule has 1 aliphatic heterocycles. The van der Waals surface area contributed by atoms with Crippen molar-refractivity contribution in [1.29, 1.82) is 0 Å². The number of fused-ring (bicyclic) bond motifs is 12. The molecule has 0 amide bonds. The summed E-state index contributed by atoms with van der Waals surface area (Å²) in [6.07, 6.45) is 0. The number of benzene rings is 10. The number of anilines is 6. The largest absolute Gasteiger partial charge is 0.454 e. The van der Waals surface area contributed by atoms with Crippen LogP contribution in [0.4, 0.5) is 34.1 Å². The quantitative estimate of drug-likeness (QED) is 0.167. The van der Waals surface area contributed by atoms with Gasteiger partial charge in [-0.2, -0.15) is 0 Å². The molecule has 64 heavy (non-hydrogen) atoms. The van der Waals surface area contributed by atoms with Crippen molar-refractivity contribution in [2.45, 2.75) is 5.41 Å². The van der Waals surface area contributed by atoms with E-state index in [2.05, 4.69) is 246 Å². The molecule has 0 N–H and O–H groups in total. The first-order valence-corrected chi connectivity index (χ1v) is 22.0. The van der Waals surface area contributed by atoms with Gasteiger partial charge in [0.05, 0.1) is 28.2 Å². The third kappa shape index (κ3) is 5.28.